The van der Waals surface area contributed by atoms with E-state index in [4.69, 9.17) is 52.1 Å². The highest BCUT2D eigenvalue weighted by Crippen LogP contribution is 2.43. The summed E-state index contributed by atoms with van der Waals surface area (Å²) in [6.07, 6.45) is -12.2. The maximum atomic E-state index is 13.7. The summed E-state index contributed by atoms with van der Waals surface area (Å²) in [4.78, 5) is 76.3. The van der Waals surface area contributed by atoms with Crippen LogP contribution in [0.5, 0.6) is 0 Å². The quantitative estimate of drug-likeness (QED) is 0.238. The van der Waals surface area contributed by atoms with Gasteiger partial charge in [-0.1, -0.05) is 36.4 Å². The Kier molecular flexibility index (Phi) is 12.7. The van der Waals surface area contributed by atoms with Crippen LogP contribution < -0.4 is 0 Å². The highest BCUT2D eigenvalue weighted by Gasteiger charge is 2.63. The second-order valence-corrected chi connectivity index (χ2v) is 13.1. The van der Waals surface area contributed by atoms with Crippen LogP contribution in [0.15, 0.2) is 60.7 Å². The van der Waals surface area contributed by atoms with Gasteiger partial charge in [0.25, 0.3) is 0 Å². The molecule has 3 aliphatic rings. The van der Waals surface area contributed by atoms with Crippen molar-refractivity contribution in [1.29, 1.82) is 0 Å². The Bertz CT molecular complexity index is 1680. The molecule has 0 aliphatic carbocycles. The molecule has 54 heavy (non-hydrogen) atoms. The number of esters is 6. The van der Waals surface area contributed by atoms with Crippen molar-refractivity contribution in [2.45, 2.75) is 102 Å². The van der Waals surface area contributed by atoms with Crippen molar-refractivity contribution in [3.8, 4) is 0 Å². The summed E-state index contributed by atoms with van der Waals surface area (Å²) in [6, 6.07) is 16.0. The number of benzene rings is 2. The van der Waals surface area contributed by atoms with Gasteiger partial charge < -0.3 is 52.1 Å². The SMILES string of the molecule is CC(=O)OC[C@H]1O[C@@H](O[C@@H]2CO[C@]3(COC(C)(C)O3)[C@@H](OC(=O)c3ccccc3)[C@@H]2OC(=O)c2ccccc2)[C@H](OC(C)=O)[C@@H](OC(C)=O)[C@@H]1OC(C)=O. The Morgan fingerprint density at radius 3 is 1.70 bits per heavy atom. The van der Waals surface area contributed by atoms with E-state index in [-0.39, 0.29) is 17.7 Å². The molecule has 17 nitrogen and oxygen atoms in total. The topological polar surface area (TPSA) is 204 Å². The van der Waals surface area contributed by atoms with Gasteiger partial charge in [0.2, 0.25) is 5.79 Å². The fourth-order valence-electron chi connectivity index (χ4n) is 6.21. The molecule has 0 radical (unpaired) electrons. The molecule has 292 valence electrons. The zero-order chi connectivity index (χ0) is 39.2. The summed E-state index contributed by atoms with van der Waals surface area (Å²) in [5, 5.41) is 0. The van der Waals surface area contributed by atoms with Gasteiger partial charge in [-0.2, -0.15) is 0 Å². The molecule has 3 saturated heterocycles. The van der Waals surface area contributed by atoms with Gasteiger partial charge >= 0.3 is 35.8 Å². The summed E-state index contributed by atoms with van der Waals surface area (Å²) in [7, 11) is 0. The lowest BCUT2D eigenvalue weighted by Crippen LogP contribution is -2.68. The number of carbonyl (C=O) groups excluding carboxylic acids is 6. The van der Waals surface area contributed by atoms with E-state index in [1.807, 2.05) is 0 Å². The Labute approximate surface area is 310 Å². The van der Waals surface area contributed by atoms with Crippen LogP contribution in [0.1, 0.15) is 62.3 Å². The van der Waals surface area contributed by atoms with Crippen LogP contribution in [0.2, 0.25) is 0 Å². The minimum absolute atomic E-state index is 0.140. The molecule has 1 spiro atoms. The van der Waals surface area contributed by atoms with Gasteiger partial charge in [-0.05, 0) is 38.1 Å². The Balaban J connectivity index is 1.58. The molecule has 3 aliphatic heterocycles. The minimum Gasteiger partial charge on any atom is -0.463 e. The van der Waals surface area contributed by atoms with Crippen LogP contribution in [-0.2, 0) is 71.3 Å². The second kappa shape index (κ2) is 17.0. The second-order valence-electron chi connectivity index (χ2n) is 13.1. The monoisotopic (exact) mass is 758 g/mol. The number of hydrogen-bond acceptors (Lipinski definition) is 17. The van der Waals surface area contributed by atoms with Crippen molar-refractivity contribution >= 4 is 35.8 Å². The van der Waals surface area contributed by atoms with E-state index in [1.165, 1.54) is 24.3 Å². The van der Waals surface area contributed by atoms with Crippen LogP contribution in [0.3, 0.4) is 0 Å². The van der Waals surface area contributed by atoms with Crippen molar-refractivity contribution in [2.24, 2.45) is 0 Å². The Morgan fingerprint density at radius 2 is 1.19 bits per heavy atom. The molecule has 0 saturated carbocycles. The molecule has 0 unspecified atom stereocenters. The molecule has 17 heteroatoms. The van der Waals surface area contributed by atoms with E-state index in [2.05, 4.69) is 0 Å². The third kappa shape index (κ3) is 9.78. The zero-order valence-electron chi connectivity index (χ0n) is 30.5. The van der Waals surface area contributed by atoms with Crippen LogP contribution in [-0.4, -0.2) is 116 Å². The van der Waals surface area contributed by atoms with Gasteiger partial charge in [-0.15, -0.1) is 0 Å². The average Bonchev–Trinajstić information content (AvgIpc) is 3.43. The first-order chi connectivity index (χ1) is 25.6. The molecule has 0 bridgehead atoms. The highest BCUT2D eigenvalue weighted by molar-refractivity contribution is 5.90. The lowest BCUT2D eigenvalue weighted by molar-refractivity contribution is -0.368. The Hall–Kier alpha value is -4.94. The summed E-state index contributed by atoms with van der Waals surface area (Å²) in [6.45, 7) is 6.40. The van der Waals surface area contributed by atoms with Crippen LogP contribution in [0.25, 0.3) is 0 Å². The van der Waals surface area contributed by atoms with E-state index in [9.17, 15) is 28.8 Å². The minimum atomic E-state index is -1.82. The molecule has 3 fully saturated rings. The first-order valence-electron chi connectivity index (χ1n) is 17.0. The largest absolute Gasteiger partial charge is 0.463 e. The van der Waals surface area contributed by atoms with Gasteiger partial charge in [-0.3, -0.25) is 19.2 Å². The van der Waals surface area contributed by atoms with Crippen molar-refractivity contribution in [3.05, 3.63) is 71.8 Å². The number of hydrogen-bond donors (Lipinski definition) is 0. The van der Waals surface area contributed by atoms with Crippen molar-refractivity contribution in [1.82, 2.24) is 0 Å². The van der Waals surface area contributed by atoms with Gasteiger partial charge in [0.05, 0.1) is 17.7 Å². The molecule has 0 aromatic heterocycles. The maximum Gasteiger partial charge on any atom is 0.338 e. The number of ether oxygens (including phenoxy) is 11. The third-order valence-corrected chi connectivity index (χ3v) is 8.38. The molecular weight excluding hydrogens is 716 g/mol. The van der Waals surface area contributed by atoms with E-state index < -0.39 is 110 Å². The molecule has 0 N–H and O–H groups in total. The van der Waals surface area contributed by atoms with Crippen LogP contribution >= 0.6 is 0 Å². The first-order valence-corrected chi connectivity index (χ1v) is 17.0. The van der Waals surface area contributed by atoms with Gasteiger partial charge in [0.1, 0.15) is 25.4 Å². The van der Waals surface area contributed by atoms with Gasteiger partial charge in [-0.25, -0.2) is 9.59 Å². The standard InChI is InChI=1S/C37H42O17/c1-20(38)44-17-26-28(47-21(2)39)30(48-22(3)40)31(49-23(4)41)35(50-26)51-27-18-45-37(19-46-36(5,6)54-37)32(53-34(43)25-15-11-8-12-16-25)29(27)52-33(42)24-13-9-7-10-14-24/h7-16,26-32,35H,17-19H2,1-6H3/t26-,27-,28-,29-,30+,31-,32+,35+,37+/m1/s1. The van der Waals surface area contributed by atoms with Gasteiger partial charge in [0.15, 0.2) is 42.6 Å². The number of rotatable bonds is 11. The van der Waals surface area contributed by atoms with E-state index in [1.54, 1.807) is 50.2 Å². The molecule has 2 aromatic rings. The summed E-state index contributed by atoms with van der Waals surface area (Å²) >= 11 is 0. The van der Waals surface area contributed by atoms with E-state index >= 15 is 0 Å². The van der Waals surface area contributed by atoms with E-state index in [0.717, 1.165) is 27.7 Å². The molecule has 0 amide bonds. The molecule has 5 rings (SSSR count). The van der Waals surface area contributed by atoms with Crippen molar-refractivity contribution in [2.75, 3.05) is 19.8 Å². The van der Waals surface area contributed by atoms with Crippen LogP contribution in [0, 0.1) is 0 Å². The molecular formula is C37H42O17. The van der Waals surface area contributed by atoms with Crippen LogP contribution in [0.4, 0.5) is 0 Å². The first kappa shape index (κ1) is 40.2. The normalized spacial score (nSPS) is 30.0. The predicted molar refractivity (Wildman–Crippen MR) is 178 cm³/mol. The summed E-state index contributed by atoms with van der Waals surface area (Å²) in [5.41, 5.74) is 0.294. The smallest absolute Gasteiger partial charge is 0.338 e. The van der Waals surface area contributed by atoms with E-state index in [0.29, 0.717) is 0 Å². The predicted octanol–water partition coefficient (Wildman–Crippen LogP) is 2.42. The molecule has 9 atom stereocenters. The molecule has 2 aromatic carbocycles. The lowest BCUT2D eigenvalue weighted by atomic mass is 9.95. The third-order valence-electron chi connectivity index (χ3n) is 8.38. The zero-order valence-corrected chi connectivity index (χ0v) is 30.5. The fourth-order valence-corrected chi connectivity index (χ4v) is 6.21. The fraction of sp³-hybridized carbons (Fsp3) is 0.514. The maximum absolute atomic E-state index is 13.7. The lowest BCUT2D eigenvalue weighted by Gasteiger charge is -2.48. The average molecular weight is 759 g/mol. The van der Waals surface area contributed by atoms with Gasteiger partial charge in [0, 0.05) is 27.7 Å². The summed E-state index contributed by atoms with van der Waals surface area (Å²) < 4.78 is 64.7. The highest BCUT2D eigenvalue weighted by atomic mass is 16.9. The summed E-state index contributed by atoms with van der Waals surface area (Å²) in [5.74, 6) is -7.99. The van der Waals surface area contributed by atoms with Crippen molar-refractivity contribution in [3.63, 3.8) is 0 Å². The van der Waals surface area contributed by atoms with Crippen molar-refractivity contribution < 1.29 is 80.9 Å². The number of carbonyl (C=O) groups is 6. The Morgan fingerprint density at radius 1 is 0.648 bits per heavy atom. The molecule has 3 heterocycles.